The van der Waals surface area contributed by atoms with Gasteiger partial charge in [0.05, 0.1) is 5.02 Å². The molecule has 18 heavy (non-hydrogen) atoms. The highest BCUT2D eigenvalue weighted by Gasteiger charge is 2.00. The molecule has 1 aromatic carbocycles. The van der Waals surface area contributed by atoms with Gasteiger partial charge in [-0.15, -0.1) is 6.58 Å². The molecule has 0 aliphatic carbocycles. The fourth-order valence-corrected chi connectivity index (χ4v) is 1.54. The first-order valence-electron chi connectivity index (χ1n) is 4.90. The van der Waals surface area contributed by atoms with Crippen molar-refractivity contribution in [3.05, 3.63) is 54.1 Å². The fraction of sp³-hybridized carbons (Fsp3) is 0.0833. The molecular formula is C12H10ClFNO2S-. The second kappa shape index (κ2) is 7.20. The van der Waals surface area contributed by atoms with E-state index < -0.39 is 16.9 Å². The number of fused-ring (bicyclic) bond motifs is 1. The first kappa shape index (κ1) is 14.8. The molecule has 96 valence electrons. The zero-order chi connectivity index (χ0) is 13.5. The molecule has 0 saturated carbocycles. The van der Waals surface area contributed by atoms with Crippen molar-refractivity contribution in [3.63, 3.8) is 0 Å². The maximum absolute atomic E-state index is 12.9. The molecule has 0 saturated heterocycles. The monoisotopic (exact) mass is 286 g/mol. The highest BCUT2D eigenvalue weighted by atomic mass is 35.5. The predicted molar refractivity (Wildman–Crippen MR) is 70.7 cm³/mol. The van der Waals surface area contributed by atoms with Crippen LogP contribution in [0.3, 0.4) is 0 Å². The van der Waals surface area contributed by atoms with E-state index in [1.54, 1.807) is 24.5 Å². The highest BCUT2D eigenvalue weighted by molar-refractivity contribution is 7.79. The van der Waals surface area contributed by atoms with E-state index in [4.69, 9.17) is 11.6 Å². The standard InChI is InChI=1S/C9H5ClFN.C3H6O2S/c10-8-3-6-1-2-12-5-7(6)4-9(8)11;1-2-3-6(4)5/h1-5H;2H,1,3H2,(H,4,5)/p-1. The van der Waals surface area contributed by atoms with Gasteiger partial charge in [0.1, 0.15) is 5.82 Å². The van der Waals surface area contributed by atoms with Crippen molar-refractivity contribution in [2.45, 2.75) is 0 Å². The van der Waals surface area contributed by atoms with E-state index in [1.165, 1.54) is 12.1 Å². The Balaban J connectivity index is 0.000000232. The average Bonchev–Trinajstić information content (AvgIpc) is 2.31. The Morgan fingerprint density at radius 2 is 2.22 bits per heavy atom. The molecular weight excluding hydrogens is 277 g/mol. The van der Waals surface area contributed by atoms with Crippen LogP contribution in [0.15, 0.2) is 43.2 Å². The van der Waals surface area contributed by atoms with Crippen LogP contribution in [0.5, 0.6) is 0 Å². The first-order valence-corrected chi connectivity index (χ1v) is 6.52. The molecule has 1 aromatic heterocycles. The zero-order valence-electron chi connectivity index (χ0n) is 9.31. The molecule has 1 unspecified atom stereocenters. The summed E-state index contributed by atoms with van der Waals surface area (Å²) < 4.78 is 31.9. The van der Waals surface area contributed by atoms with Crippen LogP contribution in [0, 0.1) is 5.82 Å². The Labute approximate surface area is 112 Å². The van der Waals surface area contributed by atoms with Gasteiger partial charge in [0.15, 0.2) is 0 Å². The van der Waals surface area contributed by atoms with E-state index >= 15 is 0 Å². The molecule has 0 aliphatic heterocycles. The number of pyridine rings is 1. The van der Waals surface area contributed by atoms with Crippen LogP contribution in [-0.4, -0.2) is 19.5 Å². The normalized spacial score (nSPS) is 11.5. The zero-order valence-corrected chi connectivity index (χ0v) is 10.9. The lowest BCUT2D eigenvalue weighted by molar-refractivity contribution is 0.540. The van der Waals surface area contributed by atoms with Crippen LogP contribution >= 0.6 is 11.6 Å². The molecule has 2 rings (SSSR count). The molecule has 6 heteroatoms. The van der Waals surface area contributed by atoms with E-state index in [0.717, 1.165) is 10.8 Å². The van der Waals surface area contributed by atoms with Crippen LogP contribution < -0.4 is 0 Å². The lowest BCUT2D eigenvalue weighted by atomic mass is 10.2. The highest BCUT2D eigenvalue weighted by Crippen LogP contribution is 2.21. The predicted octanol–water partition coefficient (Wildman–Crippen LogP) is 3.08. The van der Waals surface area contributed by atoms with Crippen molar-refractivity contribution in [2.75, 3.05) is 5.75 Å². The van der Waals surface area contributed by atoms with Gasteiger partial charge in [-0.3, -0.25) is 9.19 Å². The number of rotatable bonds is 2. The lowest BCUT2D eigenvalue weighted by Crippen LogP contribution is -1.87. The van der Waals surface area contributed by atoms with Crippen molar-refractivity contribution >= 4 is 33.5 Å². The SMILES string of the molecule is C=CCS(=O)[O-].Fc1cc2cnccc2cc1Cl. The molecule has 2 aromatic rings. The van der Waals surface area contributed by atoms with Gasteiger partial charge in [0.2, 0.25) is 0 Å². The third kappa shape index (κ3) is 4.52. The molecule has 1 atom stereocenters. The molecule has 3 nitrogen and oxygen atoms in total. The largest absolute Gasteiger partial charge is 0.772 e. The molecule has 0 fully saturated rings. The number of aromatic nitrogens is 1. The maximum atomic E-state index is 12.9. The van der Waals surface area contributed by atoms with Crippen molar-refractivity contribution < 1.29 is 13.2 Å². The van der Waals surface area contributed by atoms with Crippen molar-refractivity contribution in [3.8, 4) is 0 Å². The van der Waals surface area contributed by atoms with Crippen LogP contribution in [0.1, 0.15) is 0 Å². The molecule has 0 aliphatic rings. The number of hydrogen-bond donors (Lipinski definition) is 0. The van der Waals surface area contributed by atoms with Gasteiger partial charge < -0.3 is 4.55 Å². The third-order valence-electron chi connectivity index (χ3n) is 1.93. The van der Waals surface area contributed by atoms with Gasteiger partial charge in [0.25, 0.3) is 0 Å². The summed E-state index contributed by atoms with van der Waals surface area (Å²) in [5, 5.41) is 1.81. The molecule has 1 heterocycles. The number of hydrogen-bond acceptors (Lipinski definition) is 3. The lowest BCUT2D eigenvalue weighted by Gasteiger charge is -1.97. The van der Waals surface area contributed by atoms with E-state index in [2.05, 4.69) is 11.6 Å². The van der Waals surface area contributed by atoms with Gasteiger partial charge in [-0.25, -0.2) is 4.39 Å². The summed E-state index contributed by atoms with van der Waals surface area (Å²) in [7, 11) is 0. The Morgan fingerprint density at radius 1 is 1.50 bits per heavy atom. The summed E-state index contributed by atoms with van der Waals surface area (Å²) in [4.78, 5) is 3.87. The number of benzene rings is 1. The minimum absolute atomic E-state index is 0.0556. The van der Waals surface area contributed by atoms with Crippen molar-refractivity contribution in [2.24, 2.45) is 0 Å². The van der Waals surface area contributed by atoms with Gasteiger partial charge in [-0.2, -0.15) is 0 Å². The molecule has 0 spiro atoms. The van der Waals surface area contributed by atoms with Gasteiger partial charge in [-0.1, -0.05) is 28.8 Å². The van der Waals surface area contributed by atoms with Crippen LogP contribution in [0.2, 0.25) is 5.02 Å². The minimum Gasteiger partial charge on any atom is -0.772 e. The second-order valence-electron chi connectivity index (χ2n) is 3.25. The smallest absolute Gasteiger partial charge is 0.142 e. The summed E-state index contributed by atoms with van der Waals surface area (Å²) in [5.41, 5.74) is 0. The summed E-state index contributed by atoms with van der Waals surface area (Å²) in [6.07, 6.45) is 4.59. The van der Waals surface area contributed by atoms with E-state index in [9.17, 15) is 13.2 Å². The quantitative estimate of drug-likeness (QED) is 0.630. The summed E-state index contributed by atoms with van der Waals surface area (Å²) in [6, 6.07) is 4.76. The Hall–Kier alpha value is -1.30. The molecule has 0 N–H and O–H groups in total. The summed E-state index contributed by atoms with van der Waals surface area (Å²) >= 11 is 3.66. The summed E-state index contributed by atoms with van der Waals surface area (Å²) in [5.74, 6) is -0.350. The van der Waals surface area contributed by atoms with Gasteiger partial charge >= 0.3 is 0 Å². The van der Waals surface area contributed by atoms with Crippen LogP contribution in [-0.2, 0) is 11.1 Å². The summed E-state index contributed by atoms with van der Waals surface area (Å²) in [6.45, 7) is 3.21. The van der Waals surface area contributed by atoms with E-state index in [0.29, 0.717) is 0 Å². The van der Waals surface area contributed by atoms with Gasteiger partial charge in [0, 0.05) is 23.5 Å². The topological polar surface area (TPSA) is 53.0 Å². The van der Waals surface area contributed by atoms with Crippen molar-refractivity contribution in [1.29, 1.82) is 0 Å². The van der Waals surface area contributed by atoms with E-state index in [-0.39, 0.29) is 10.8 Å². The number of nitrogens with zero attached hydrogens (tertiary/aromatic N) is 1. The first-order chi connectivity index (χ1) is 8.54. The molecule has 0 amide bonds. The minimum atomic E-state index is -1.93. The molecule has 0 bridgehead atoms. The second-order valence-corrected chi connectivity index (χ2v) is 4.60. The van der Waals surface area contributed by atoms with Crippen LogP contribution in [0.25, 0.3) is 10.8 Å². The van der Waals surface area contributed by atoms with E-state index in [1.807, 2.05) is 0 Å². The van der Waals surface area contributed by atoms with Crippen molar-refractivity contribution in [1.82, 2.24) is 4.98 Å². The van der Waals surface area contributed by atoms with Gasteiger partial charge in [-0.05, 0) is 23.6 Å². The Kier molecular flexibility index (Phi) is 5.91. The van der Waals surface area contributed by atoms with Crippen LogP contribution in [0.4, 0.5) is 4.39 Å². The average molecular weight is 287 g/mol. The maximum Gasteiger partial charge on any atom is 0.142 e. The fourth-order valence-electron chi connectivity index (χ4n) is 1.18. The number of halogens is 2. The molecule has 0 radical (unpaired) electrons. The third-order valence-corrected chi connectivity index (χ3v) is 2.73. The Bertz CT molecular complexity index is 537. The Morgan fingerprint density at radius 3 is 2.78 bits per heavy atom.